The lowest BCUT2D eigenvalue weighted by Crippen LogP contribution is -2.37. The number of benzene rings is 1. The Hall–Kier alpha value is -0.910. The first-order valence-electron chi connectivity index (χ1n) is 6.70. The second-order valence-corrected chi connectivity index (χ2v) is 7.39. The molecule has 1 aliphatic heterocycles. The van der Waals surface area contributed by atoms with Crippen LogP contribution in [0.25, 0.3) is 0 Å². The molecule has 0 spiro atoms. The molecule has 19 heavy (non-hydrogen) atoms. The molecule has 0 atom stereocenters. The molecule has 0 amide bonds. The van der Waals surface area contributed by atoms with Crippen LogP contribution in [-0.2, 0) is 10.0 Å². The first-order valence-corrected chi connectivity index (χ1v) is 8.14. The molecule has 1 fully saturated rings. The van der Waals surface area contributed by atoms with E-state index in [0.717, 1.165) is 25.9 Å². The molecule has 0 radical (unpaired) electrons. The van der Waals surface area contributed by atoms with Gasteiger partial charge in [-0.05, 0) is 51.0 Å². The highest BCUT2D eigenvalue weighted by Crippen LogP contribution is 2.20. The highest BCUT2D eigenvalue weighted by Gasteiger charge is 2.25. The van der Waals surface area contributed by atoms with Crippen LogP contribution in [0.1, 0.15) is 12.8 Å². The van der Waals surface area contributed by atoms with E-state index in [1.165, 1.54) is 4.31 Å². The maximum Gasteiger partial charge on any atom is 0.242 e. The van der Waals surface area contributed by atoms with Crippen molar-refractivity contribution in [1.29, 1.82) is 0 Å². The third-order valence-electron chi connectivity index (χ3n) is 3.80. The molecule has 1 aromatic carbocycles. The average Bonchev–Trinajstić information content (AvgIpc) is 2.42. The number of likely N-dealkylation sites (tertiary alicyclic amines) is 1. The van der Waals surface area contributed by atoms with Crippen LogP contribution >= 0.6 is 0 Å². The fourth-order valence-electron chi connectivity index (χ4n) is 2.48. The normalized spacial score (nSPS) is 18.9. The summed E-state index contributed by atoms with van der Waals surface area (Å²) in [4.78, 5) is 2.67. The smallest absolute Gasteiger partial charge is 0.242 e. The fraction of sp³-hybridized carbons (Fsp3) is 0.571. The molecule has 0 aromatic heterocycles. The second kappa shape index (κ2) is 6.03. The van der Waals surface area contributed by atoms with Crippen LogP contribution in [0.15, 0.2) is 35.2 Å². The summed E-state index contributed by atoms with van der Waals surface area (Å²) in [5.41, 5.74) is 0. The van der Waals surface area contributed by atoms with Crippen LogP contribution in [0, 0.1) is 5.92 Å². The van der Waals surface area contributed by atoms with E-state index >= 15 is 0 Å². The van der Waals surface area contributed by atoms with Crippen molar-refractivity contribution in [2.75, 3.05) is 33.7 Å². The summed E-state index contributed by atoms with van der Waals surface area (Å²) in [6.07, 6.45) is 2.15. The van der Waals surface area contributed by atoms with Crippen LogP contribution < -0.4 is 0 Å². The van der Waals surface area contributed by atoms with Gasteiger partial charge in [-0.3, -0.25) is 0 Å². The second-order valence-electron chi connectivity index (χ2n) is 5.35. The molecule has 5 heteroatoms. The number of piperidine rings is 1. The van der Waals surface area contributed by atoms with Gasteiger partial charge >= 0.3 is 0 Å². The Balaban J connectivity index is 2.01. The van der Waals surface area contributed by atoms with Crippen molar-refractivity contribution in [2.45, 2.75) is 17.7 Å². The Morgan fingerprint density at radius 3 is 2.37 bits per heavy atom. The maximum atomic E-state index is 12.4. The standard InChI is InChI=1S/C14H22N2O2S/c1-15-10-8-13(9-11-15)12-16(2)19(17,18)14-6-4-3-5-7-14/h3-7,13H,8-12H2,1-2H3. The largest absolute Gasteiger partial charge is 0.306 e. The lowest BCUT2D eigenvalue weighted by atomic mass is 9.97. The summed E-state index contributed by atoms with van der Waals surface area (Å²) in [6, 6.07) is 8.66. The molecule has 0 unspecified atom stereocenters. The zero-order chi connectivity index (χ0) is 13.9. The number of nitrogens with zero attached hydrogens (tertiary/aromatic N) is 2. The molecule has 4 nitrogen and oxygen atoms in total. The van der Waals surface area contributed by atoms with Gasteiger partial charge in [-0.2, -0.15) is 0 Å². The number of hydrogen-bond donors (Lipinski definition) is 0. The first-order chi connectivity index (χ1) is 9.00. The predicted octanol–water partition coefficient (Wildman–Crippen LogP) is 1.65. The number of sulfonamides is 1. The molecule has 2 rings (SSSR count). The molecule has 1 aromatic rings. The molecule has 0 saturated carbocycles. The predicted molar refractivity (Wildman–Crippen MR) is 76.5 cm³/mol. The third-order valence-corrected chi connectivity index (χ3v) is 5.64. The Morgan fingerprint density at radius 1 is 1.21 bits per heavy atom. The van der Waals surface area contributed by atoms with Gasteiger partial charge in [0.05, 0.1) is 4.90 Å². The van der Waals surface area contributed by atoms with Gasteiger partial charge in [0.2, 0.25) is 10.0 Å². The van der Waals surface area contributed by atoms with Crippen molar-refractivity contribution in [3.63, 3.8) is 0 Å². The van der Waals surface area contributed by atoms with E-state index in [0.29, 0.717) is 17.4 Å². The van der Waals surface area contributed by atoms with Gasteiger partial charge < -0.3 is 4.90 Å². The van der Waals surface area contributed by atoms with Crippen molar-refractivity contribution >= 4 is 10.0 Å². The highest BCUT2D eigenvalue weighted by molar-refractivity contribution is 7.89. The van der Waals surface area contributed by atoms with Gasteiger partial charge in [0, 0.05) is 13.6 Å². The molecule has 1 saturated heterocycles. The van der Waals surface area contributed by atoms with E-state index in [1.807, 2.05) is 6.07 Å². The summed E-state index contributed by atoms with van der Waals surface area (Å²) in [6.45, 7) is 2.73. The van der Waals surface area contributed by atoms with Gasteiger partial charge in [-0.1, -0.05) is 18.2 Å². The maximum absolute atomic E-state index is 12.4. The lowest BCUT2D eigenvalue weighted by Gasteiger charge is -2.31. The minimum absolute atomic E-state index is 0.380. The van der Waals surface area contributed by atoms with Crippen LogP contribution in [-0.4, -0.2) is 51.4 Å². The molecule has 0 aliphatic carbocycles. The Bertz CT molecular complexity index is 493. The SMILES string of the molecule is CN1CCC(CN(C)S(=O)(=O)c2ccccc2)CC1. The zero-order valence-corrected chi connectivity index (χ0v) is 12.4. The Kier molecular flexibility index (Phi) is 4.60. The molecular formula is C14H22N2O2S. The van der Waals surface area contributed by atoms with Gasteiger partial charge in [0.1, 0.15) is 0 Å². The summed E-state index contributed by atoms with van der Waals surface area (Å²) >= 11 is 0. The van der Waals surface area contributed by atoms with Crippen molar-refractivity contribution in [1.82, 2.24) is 9.21 Å². The average molecular weight is 282 g/mol. The molecule has 0 bridgehead atoms. The van der Waals surface area contributed by atoms with Crippen LogP contribution in [0.2, 0.25) is 0 Å². The minimum Gasteiger partial charge on any atom is -0.306 e. The van der Waals surface area contributed by atoms with E-state index in [4.69, 9.17) is 0 Å². The van der Waals surface area contributed by atoms with Gasteiger partial charge in [-0.15, -0.1) is 0 Å². The molecule has 1 aliphatic rings. The monoisotopic (exact) mass is 282 g/mol. The van der Waals surface area contributed by atoms with E-state index in [2.05, 4.69) is 11.9 Å². The van der Waals surface area contributed by atoms with Gasteiger partial charge in [0.15, 0.2) is 0 Å². The van der Waals surface area contributed by atoms with Crippen LogP contribution in [0.4, 0.5) is 0 Å². The number of hydrogen-bond acceptors (Lipinski definition) is 3. The van der Waals surface area contributed by atoms with Crippen molar-refractivity contribution in [3.05, 3.63) is 30.3 Å². The van der Waals surface area contributed by atoms with Gasteiger partial charge in [0.25, 0.3) is 0 Å². The fourth-order valence-corrected chi connectivity index (χ4v) is 3.75. The molecular weight excluding hydrogens is 260 g/mol. The Morgan fingerprint density at radius 2 is 1.79 bits per heavy atom. The molecule has 0 N–H and O–H groups in total. The Labute approximate surface area is 116 Å². The summed E-state index contributed by atoms with van der Waals surface area (Å²) in [5.74, 6) is 0.472. The van der Waals surface area contributed by atoms with E-state index in [1.54, 1.807) is 31.3 Å². The summed E-state index contributed by atoms with van der Waals surface area (Å²) in [5, 5.41) is 0. The van der Waals surface area contributed by atoms with Gasteiger partial charge in [-0.25, -0.2) is 12.7 Å². The number of rotatable bonds is 4. The van der Waals surface area contributed by atoms with Crippen molar-refractivity contribution in [2.24, 2.45) is 5.92 Å². The minimum atomic E-state index is -3.33. The third kappa shape index (κ3) is 3.55. The highest BCUT2D eigenvalue weighted by atomic mass is 32.2. The topological polar surface area (TPSA) is 40.6 Å². The van der Waals surface area contributed by atoms with E-state index < -0.39 is 10.0 Å². The quantitative estimate of drug-likeness (QED) is 0.843. The van der Waals surface area contributed by atoms with Crippen LogP contribution in [0.3, 0.4) is 0 Å². The molecule has 106 valence electrons. The lowest BCUT2D eigenvalue weighted by molar-refractivity contribution is 0.202. The first kappa shape index (κ1) is 14.5. The van der Waals surface area contributed by atoms with E-state index in [9.17, 15) is 8.42 Å². The molecule has 1 heterocycles. The van der Waals surface area contributed by atoms with Crippen LogP contribution in [0.5, 0.6) is 0 Å². The van der Waals surface area contributed by atoms with E-state index in [-0.39, 0.29) is 0 Å². The summed E-state index contributed by atoms with van der Waals surface area (Å²) < 4.78 is 26.3. The van der Waals surface area contributed by atoms with Crippen molar-refractivity contribution in [3.8, 4) is 0 Å². The van der Waals surface area contributed by atoms with Crippen molar-refractivity contribution < 1.29 is 8.42 Å². The zero-order valence-electron chi connectivity index (χ0n) is 11.6. The summed E-state index contributed by atoms with van der Waals surface area (Å²) in [7, 11) is 0.461.